The standard InChI is InChI=1S/C26H27Cl2N3O/c1-18-13-19(2)15-21(14-18)26(32)29-22-7-8-25(24(28)16-22)31-11-9-30(10-12-31)17-20-5-3-4-6-23(20)27/h3-8,13-16H,9-12,17H2,1-2H3,(H,29,32). The molecule has 1 heterocycles. The zero-order valence-corrected chi connectivity index (χ0v) is 19.9. The van der Waals surface area contributed by atoms with Crippen LogP contribution in [-0.2, 0) is 6.54 Å². The first kappa shape index (κ1) is 22.7. The van der Waals surface area contributed by atoms with Crippen LogP contribution < -0.4 is 10.2 Å². The van der Waals surface area contributed by atoms with Crippen molar-refractivity contribution in [3.8, 4) is 0 Å². The quantitative estimate of drug-likeness (QED) is 0.486. The van der Waals surface area contributed by atoms with Gasteiger partial charge in [0, 0.05) is 49.0 Å². The van der Waals surface area contributed by atoms with E-state index < -0.39 is 0 Å². The molecule has 6 heteroatoms. The molecule has 1 N–H and O–H groups in total. The molecule has 32 heavy (non-hydrogen) atoms. The van der Waals surface area contributed by atoms with E-state index in [1.165, 1.54) is 0 Å². The molecule has 0 aromatic heterocycles. The van der Waals surface area contributed by atoms with Crippen molar-refractivity contribution in [2.45, 2.75) is 20.4 Å². The van der Waals surface area contributed by atoms with E-state index in [4.69, 9.17) is 23.2 Å². The first-order valence-electron chi connectivity index (χ1n) is 10.8. The van der Waals surface area contributed by atoms with E-state index in [2.05, 4.69) is 27.2 Å². The lowest BCUT2D eigenvalue weighted by Gasteiger charge is -2.36. The van der Waals surface area contributed by atoms with Crippen LogP contribution in [0.25, 0.3) is 0 Å². The van der Waals surface area contributed by atoms with Gasteiger partial charge in [0.15, 0.2) is 0 Å². The van der Waals surface area contributed by atoms with Gasteiger partial charge in [-0.05, 0) is 55.8 Å². The number of benzene rings is 3. The molecule has 1 amide bonds. The summed E-state index contributed by atoms with van der Waals surface area (Å²) in [6, 6.07) is 19.6. The number of carbonyl (C=O) groups excluding carboxylic acids is 1. The van der Waals surface area contributed by atoms with Crippen LogP contribution in [0.1, 0.15) is 27.0 Å². The average molecular weight is 468 g/mol. The predicted octanol–water partition coefficient (Wildman–Crippen LogP) is 6.18. The Morgan fingerprint density at radius 2 is 1.56 bits per heavy atom. The first-order chi connectivity index (χ1) is 15.4. The molecule has 1 fully saturated rings. The zero-order chi connectivity index (χ0) is 22.7. The molecular formula is C26H27Cl2N3O. The average Bonchev–Trinajstić information content (AvgIpc) is 2.75. The molecule has 166 valence electrons. The molecule has 3 aromatic rings. The molecular weight excluding hydrogens is 441 g/mol. The SMILES string of the molecule is Cc1cc(C)cc(C(=O)Nc2ccc(N3CCN(Cc4ccccc4Cl)CC3)c(Cl)c2)c1. The maximum Gasteiger partial charge on any atom is 0.255 e. The summed E-state index contributed by atoms with van der Waals surface area (Å²) in [5, 5.41) is 4.42. The summed E-state index contributed by atoms with van der Waals surface area (Å²) in [6.07, 6.45) is 0. The Labute approximate surface area is 199 Å². The summed E-state index contributed by atoms with van der Waals surface area (Å²) in [4.78, 5) is 17.3. The van der Waals surface area contributed by atoms with Crippen LogP contribution in [-0.4, -0.2) is 37.0 Å². The highest BCUT2D eigenvalue weighted by Gasteiger charge is 2.20. The Morgan fingerprint density at radius 1 is 0.875 bits per heavy atom. The summed E-state index contributed by atoms with van der Waals surface area (Å²) >= 11 is 12.9. The number of aryl methyl sites for hydroxylation is 2. The topological polar surface area (TPSA) is 35.6 Å². The van der Waals surface area contributed by atoms with Gasteiger partial charge in [0.2, 0.25) is 0 Å². The second-order valence-electron chi connectivity index (χ2n) is 8.35. The third kappa shape index (κ3) is 5.44. The third-order valence-corrected chi connectivity index (χ3v) is 6.43. The maximum absolute atomic E-state index is 12.6. The minimum atomic E-state index is -0.131. The van der Waals surface area contributed by atoms with E-state index in [0.29, 0.717) is 16.3 Å². The third-order valence-electron chi connectivity index (χ3n) is 5.75. The van der Waals surface area contributed by atoms with E-state index in [0.717, 1.165) is 60.1 Å². The minimum absolute atomic E-state index is 0.131. The molecule has 0 unspecified atom stereocenters. The van der Waals surface area contributed by atoms with Crippen LogP contribution >= 0.6 is 23.2 Å². The fourth-order valence-electron chi connectivity index (χ4n) is 4.16. The van der Waals surface area contributed by atoms with Gasteiger partial charge >= 0.3 is 0 Å². The Kier molecular flexibility index (Phi) is 7.04. The van der Waals surface area contributed by atoms with Gasteiger partial charge in [-0.1, -0.05) is 58.6 Å². The number of nitrogens with zero attached hydrogens (tertiary/aromatic N) is 2. The molecule has 0 atom stereocenters. The van der Waals surface area contributed by atoms with E-state index in [-0.39, 0.29) is 5.91 Å². The van der Waals surface area contributed by atoms with Crippen molar-refractivity contribution < 1.29 is 4.79 Å². The number of amides is 1. The van der Waals surface area contributed by atoms with Crippen molar-refractivity contribution in [2.24, 2.45) is 0 Å². The monoisotopic (exact) mass is 467 g/mol. The molecule has 1 saturated heterocycles. The van der Waals surface area contributed by atoms with Gasteiger partial charge < -0.3 is 10.2 Å². The molecule has 4 rings (SSSR count). The Balaban J connectivity index is 1.37. The normalized spacial score (nSPS) is 14.4. The van der Waals surface area contributed by atoms with E-state index >= 15 is 0 Å². The summed E-state index contributed by atoms with van der Waals surface area (Å²) in [5.41, 5.74) is 5.63. The van der Waals surface area contributed by atoms with Crippen LogP contribution in [0, 0.1) is 13.8 Å². The Hall–Kier alpha value is -2.53. The second kappa shape index (κ2) is 9.95. The van der Waals surface area contributed by atoms with Crippen LogP contribution in [0.5, 0.6) is 0 Å². The Bertz CT molecular complexity index is 1100. The van der Waals surface area contributed by atoms with Crippen molar-refractivity contribution in [3.05, 3.63) is 93.0 Å². The number of nitrogens with one attached hydrogen (secondary N) is 1. The smallest absolute Gasteiger partial charge is 0.255 e. The highest BCUT2D eigenvalue weighted by molar-refractivity contribution is 6.33. The number of anilines is 2. The number of piperazine rings is 1. The van der Waals surface area contributed by atoms with Crippen LogP contribution in [0.4, 0.5) is 11.4 Å². The molecule has 0 aliphatic carbocycles. The van der Waals surface area contributed by atoms with Crippen LogP contribution in [0.2, 0.25) is 10.0 Å². The van der Waals surface area contributed by atoms with E-state index in [1.54, 1.807) is 0 Å². The highest BCUT2D eigenvalue weighted by atomic mass is 35.5. The summed E-state index contributed by atoms with van der Waals surface area (Å²) in [7, 11) is 0. The van der Waals surface area contributed by atoms with Gasteiger partial charge in [-0.15, -0.1) is 0 Å². The highest BCUT2D eigenvalue weighted by Crippen LogP contribution is 2.30. The van der Waals surface area contributed by atoms with E-state index in [9.17, 15) is 4.79 Å². The van der Waals surface area contributed by atoms with Crippen LogP contribution in [0.15, 0.2) is 60.7 Å². The molecule has 4 nitrogen and oxygen atoms in total. The Morgan fingerprint density at radius 3 is 2.22 bits per heavy atom. The molecule has 0 radical (unpaired) electrons. The number of rotatable bonds is 5. The minimum Gasteiger partial charge on any atom is -0.368 e. The number of hydrogen-bond donors (Lipinski definition) is 1. The molecule has 1 aliphatic heterocycles. The first-order valence-corrected chi connectivity index (χ1v) is 11.5. The summed E-state index contributed by atoms with van der Waals surface area (Å²) < 4.78 is 0. The lowest BCUT2D eigenvalue weighted by Crippen LogP contribution is -2.46. The van der Waals surface area contributed by atoms with Crippen molar-refractivity contribution in [1.29, 1.82) is 0 Å². The van der Waals surface area contributed by atoms with Crippen molar-refractivity contribution in [2.75, 3.05) is 36.4 Å². The number of halogens is 2. The van der Waals surface area contributed by atoms with Crippen LogP contribution in [0.3, 0.4) is 0 Å². The molecule has 0 saturated carbocycles. The van der Waals surface area contributed by atoms with Gasteiger partial charge in [-0.25, -0.2) is 0 Å². The molecule has 0 spiro atoms. The van der Waals surface area contributed by atoms with Crippen molar-refractivity contribution in [1.82, 2.24) is 4.90 Å². The van der Waals surface area contributed by atoms with Gasteiger partial charge in [0.05, 0.1) is 10.7 Å². The maximum atomic E-state index is 12.6. The van der Waals surface area contributed by atoms with Gasteiger partial charge in [-0.3, -0.25) is 9.69 Å². The molecule has 3 aromatic carbocycles. The number of carbonyl (C=O) groups is 1. The number of hydrogen-bond acceptors (Lipinski definition) is 3. The fourth-order valence-corrected chi connectivity index (χ4v) is 4.66. The van der Waals surface area contributed by atoms with E-state index in [1.807, 2.05) is 62.4 Å². The van der Waals surface area contributed by atoms with Crippen molar-refractivity contribution in [3.63, 3.8) is 0 Å². The summed E-state index contributed by atoms with van der Waals surface area (Å²) in [5.74, 6) is -0.131. The van der Waals surface area contributed by atoms with Crippen molar-refractivity contribution >= 4 is 40.5 Å². The fraction of sp³-hybridized carbons (Fsp3) is 0.269. The second-order valence-corrected chi connectivity index (χ2v) is 9.17. The predicted molar refractivity (Wildman–Crippen MR) is 134 cm³/mol. The lowest BCUT2D eigenvalue weighted by molar-refractivity contribution is 0.102. The summed E-state index contributed by atoms with van der Waals surface area (Å²) in [6.45, 7) is 8.48. The molecule has 0 bridgehead atoms. The zero-order valence-electron chi connectivity index (χ0n) is 18.4. The van der Waals surface area contributed by atoms with Gasteiger partial charge in [-0.2, -0.15) is 0 Å². The van der Waals surface area contributed by atoms with Gasteiger partial charge in [0.1, 0.15) is 0 Å². The van der Waals surface area contributed by atoms with Gasteiger partial charge in [0.25, 0.3) is 5.91 Å². The largest absolute Gasteiger partial charge is 0.368 e. The molecule has 1 aliphatic rings. The lowest BCUT2D eigenvalue weighted by atomic mass is 10.1.